The number of rotatable bonds is 9. The topological polar surface area (TPSA) is 92.0 Å². The molecule has 1 aliphatic rings. The van der Waals surface area contributed by atoms with Crippen LogP contribution < -0.4 is 30.0 Å². The molecule has 3 N–H and O–H groups in total. The molecule has 3 rings (SSSR count). The third-order valence-corrected chi connectivity index (χ3v) is 5.48. The number of carbonyl (C=O) groups is 1. The molecule has 0 radical (unpaired) electrons. The molecule has 0 spiro atoms. The van der Waals surface area contributed by atoms with Crippen molar-refractivity contribution < 1.29 is 23.7 Å². The number of methoxy groups -OCH3 is 2. The maximum Gasteiger partial charge on any atom is 0.231 e. The zero-order valence-electron chi connectivity index (χ0n) is 18.7. The molecule has 2 aromatic carbocycles. The minimum Gasteiger partial charge on any atom is -0.495 e. The second-order valence-corrected chi connectivity index (χ2v) is 7.85. The Morgan fingerprint density at radius 2 is 1.97 bits per heavy atom. The molecule has 0 aromatic heterocycles. The smallest absolute Gasteiger partial charge is 0.231 e. The van der Waals surface area contributed by atoms with E-state index in [0.29, 0.717) is 44.8 Å². The summed E-state index contributed by atoms with van der Waals surface area (Å²) in [5, 5.41) is 3.18. The first kappa shape index (κ1) is 23.6. The van der Waals surface area contributed by atoms with Crippen LogP contribution in [0.1, 0.15) is 42.6 Å². The van der Waals surface area contributed by atoms with E-state index in [2.05, 4.69) is 12.2 Å². The Morgan fingerprint density at radius 1 is 1.22 bits per heavy atom. The third-order valence-electron chi connectivity index (χ3n) is 5.08. The van der Waals surface area contributed by atoms with Crippen molar-refractivity contribution in [1.29, 1.82) is 0 Å². The van der Waals surface area contributed by atoms with Gasteiger partial charge in [-0.2, -0.15) is 0 Å². The van der Waals surface area contributed by atoms with E-state index >= 15 is 0 Å². The molecule has 1 heterocycles. The number of hydrogen-bond acceptors (Lipinski definition) is 7. The Bertz CT molecular complexity index is 1050. The van der Waals surface area contributed by atoms with Crippen LogP contribution in [0.25, 0.3) is 6.08 Å². The fraction of sp³-hybridized carbons (Fsp3) is 0.333. The molecule has 0 aliphatic carbocycles. The first-order chi connectivity index (χ1) is 15.4. The van der Waals surface area contributed by atoms with Gasteiger partial charge in [-0.1, -0.05) is 31.6 Å². The minimum absolute atomic E-state index is 0.101. The van der Waals surface area contributed by atoms with Crippen LogP contribution in [0.3, 0.4) is 0 Å². The van der Waals surface area contributed by atoms with E-state index in [-0.39, 0.29) is 18.6 Å². The van der Waals surface area contributed by atoms with Gasteiger partial charge in [-0.05, 0) is 54.8 Å². The van der Waals surface area contributed by atoms with Gasteiger partial charge in [0.25, 0.3) is 0 Å². The maximum absolute atomic E-state index is 13.1. The molecule has 0 saturated heterocycles. The number of nitrogens with two attached hydrogens (primary N) is 1. The van der Waals surface area contributed by atoms with Crippen molar-refractivity contribution in [3.05, 3.63) is 47.0 Å². The van der Waals surface area contributed by atoms with E-state index in [1.165, 1.54) is 7.11 Å². The third kappa shape index (κ3) is 5.20. The molecule has 0 saturated carbocycles. The van der Waals surface area contributed by atoms with E-state index in [1.54, 1.807) is 32.2 Å². The molecule has 1 atom stereocenters. The van der Waals surface area contributed by atoms with E-state index in [9.17, 15) is 4.79 Å². The van der Waals surface area contributed by atoms with Crippen LogP contribution >= 0.6 is 12.2 Å². The summed E-state index contributed by atoms with van der Waals surface area (Å²) in [7, 11) is 3.11. The zero-order chi connectivity index (χ0) is 23.3. The van der Waals surface area contributed by atoms with Gasteiger partial charge >= 0.3 is 0 Å². The van der Waals surface area contributed by atoms with Crippen molar-refractivity contribution in [1.82, 2.24) is 0 Å². The lowest BCUT2D eigenvalue weighted by atomic mass is 10.0. The average Bonchev–Trinajstić information content (AvgIpc) is 3.27. The van der Waals surface area contributed by atoms with Crippen molar-refractivity contribution in [2.75, 3.05) is 26.3 Å². The second-order valence-electron chi connectivity index (χ2n) is 7.41. The highest BCUT2D eigenvalue weighted by Gasteiger charge is 2.23. The minimum atomic E-state index is -0.233. The van der Waals surface area contributed by atoms with Gasteiger partial charge in [0, 0.05) is 5.56 Å². The molecule has 0 amide bonds. The summed E-state index contributed by atoms with van der Waals surface area (Å²) < 4.78 is 21.6. The van der Waals surface area contributed by atoms with Crippen molar-refractivity contribution in [3.8, 4) is 23.0 Å². The molecular formula is C24H28N2O5S. The van der Waals surface area contributed by atoms with Crippen LogP contribution in [-0.4, -0.2) is 37.8 Å². The quantitative estimate of drug-likeness (QED) is 0.322. The second kappa shape index (κ2) is 10.5. The van der Waals surface area contributed by atoms with E-state index < -0.39 is 0 Å². The van der Waals surface area contributed by atoms with Crippen LogP contribution in [0, 0.1) is 0 Å². The van der Waals surface area contributed by atoms with Crippen LogP contribution in [0.5, 0.6) is 23.0 Å². The number of benzene rings is 2. The molecule has 2 aromatic rings. The Kier molecular flexibility index (Phi) is 7.71. The van der Waals surface area contributed by atoms with Gasteiger partial charge < -0.3 is 30.0 Å². The number of fused-ring (bicyclic) bond motifs is 1. The molecule has 1 aliphatic heterocycles. The number of ether oxygens (including phenoxy) is 4. The summed E-state index contributed by atoms with van der Waals surface area (Å²) in [5.41, 5.74) is 8.64. The van der Waals surface area contributed by atoms with Gasteiger partial charge in [0.1, 0.15) is 5.75 Å². The SMILES string of the molecule is CCCC(N)C(=S)Nc1cc(C=C(C)C(=O)c2cc(OC)c3c(c2)OCO3)ccc1OC. The predicted octanol–water partition coefficient (Wildman–Crippen LogP) is 4.59. The van der Waals surface area contributed by atoms with Crippen LogP contribution in [0.2, 0.25) is 0 Å². The Hall–Kier alpha value is -3.10. The molecule has 8 heteroatoms. The van der Waals surface area contributed by atoms with Crippen molar-refractivity contribution >= 4 is 34.8 Å². The number of hydrogen-bond donors (Lipinski definition) is 2. The lowest BCUT2D eigenvalue weighted by Gasteiger charge is -2.17. The fourth-order valence-electron chi connectivity index (χ4n) is 3.38. The summed E-state index contributed by atoms with van der Waals surface area (Å²) >= 11 is 5.44. The first-order valence-corrected chi connectivity index (χ1v) is 10.7. The molecule has 7 nitrogen and oxygen atoms in total. The van der Waals surface area contributed by atoms with Gasteiger partial charge in [0.05, 0.1) is 30.9 Å². The number of allylic oxidation sites excluding steroid dienone is 1. The number of anilines is 1. The number of Topliss-reactive ketones (excluding diaryl/α,β-unsaturated/α-hetero) is 1. The summed E-state index contributed by atoms with van der Waals surface area (Å²) in [6.45, 7) is 3.92. The Balaban J connectivity index is 1.86. The summed E-state index contributed by atoms with van der Waals surface area (Å²) in [6, 6.07) is 8.66. The monoisotopic (exact) mass is 456 g/mol. The lowest BCUT2D eigenvalue weighted by Crippen LogP contribution is -2.34. The highest BCUT2D eigenvalue weighted by molar-refractivity contribution is 7.80. The fourth-order valence-corrected chi connectivity index (χ4v) is 3.61. The summed E-state index contributed by atoms with van der Waals surface area (Å²) in [5.74, 6) is 1.95. The molecular weight excluding hydrogens is 428 g/mol. The number of carbonyl (C=O) groups excluding carboxylic acids is 1. The maximum atomic E-state index is 13.1. The highest BCUT2D eigenvalue weighted by atomic mass is 32.1. The molecule has 1 unspecified atom stereocenters. The van der Waals surface area contributed by atoms with E-state index in [4.69, 9.17) is 36.9 Å². The normalized spacial score (nSPS) is 13.5. The average molecular weight is 457 g/mol. The van der Waals surface area contributed by atoms with Crippen molar-refractivity contribution in [3.63, 3.8) is 0 Å². The predicted molar refractivity (Wildman–Crippen MR) is 129 cm³/mol. The number of thiocarbonyl (C=S) groups is 1. The first-order valence-electron chi connectivity index (χ1n) is 10.3. The summed E-state index contributed by atoms with van der Waals surface area (Å²) in [4.78, 5) is 13.6. The number of nitrogens with one attached hydrogen (secondary N) is 1. The summed E-state index contributed by atoms with van der Waals surface area (Å²) in [6.07, 6.45) is 3.54. The molecule has 0 fully saturated rings. The van der Waals surface area contributed by atoms with Crippen molar-refractivity contribution in [2.24, 2.45) is 5.73 Å². The molecule has 0 bridgehead atoms. The highest BCUT2D eigenvalue weighted by Crippen LogP contribution is 2.42. The van der Waals surface area contributed by atoms with Crippen LogP contribution in [0.15, 0.2) is 35.9 Å². The van der Waals surface area contributed by atoms with Crippen LogP contribution in [0.4, 0.5) is 5.69 Å². The van der Waals surface area contributed by atoms with E-state index in [1.807, 2.05) is 18.2 Å². The van der Waals surface area contributed by atoms with Gasteiger partial charge in [-0.25, -0.2) is 0 Å². The molecule has 32 heavy (non-hydrogen) atoms. The van der Waals surface area contributed by atoms with Crippen molar-refractivity contribution in [2.45, 2.75) is 32.7 Å². The van der Waals surface area contributed by atoms with Gasteiger partial charge in [0.2, 0.25) is 12.5 Å². The standard InChI is InChI=1S/C24H28N2O5S/c1-5-6-17(25)24(32)26-18-10-15(7-8-19(18)28-3)9-14(2)22(27)16-11-20(29-4)23-21(12-16)30-13-31-23/h7-12,17H,5-6,13,25H2,1-4H3,(H,26,32). The number of ketones is 1. The Morgan fingerprint density at radius 3 is 2.66 bits per heavy atom. The lowest BCUT2D eigenvalue weighted by molar-refractivity contribution is 0.103. The van der Waals surface area contributed by atoms with Crippen LogP contribution in [-0.2, 0) is 0 Å². The Labute approximate surface area is 193 Å². The van der Waals surface area contributed by atoms with Gasteiger partial charge in [-0.3, -0.25) is 4.79 Å². The van der Waals surface area contributed by atoms with Gasteiger partial charge in [0.15, 0.2) is 17.3 Å². The van der Waals surface area contributed by atoms with Gasteiger partial charge in [-0.15, -0.1) is 0 Å². The molecule has 170 valence electrons. The largest absolute Gasteiger partial charge is 0.495 e. The zero-order valence-corrected chi connectivity index (χ0v) is 19.5. The van der Waals surface area contributed by atoms with E-state index in [0.717, 1.165) is 18.4 Å².